The van der Waals surface area contributed by atoms with Gasteiger partial charge >= 0.3 is 0 Å². The molecule has 13 heavy (non-hydrogen) atoms. The number of hydrogen-bond donors (Lipinski definition) is 1. The predicted octanol–water partition coefficient (Wildman–Crippen LogP) is 0.639. The van der Waals surface area contributed by atoms with Crippen LogP contribution in [-0.4, -0.2) is 61.3 Å². The summed E-state index contributed by atoms with van der Waals surface area (Å²) in [5, 5.41) is 8.94. The van der Waals surface area contributed by atoms with Gasteiger partial charge in [0, 0.05) is 25.2 Å². The van der Waals surface area contributed by atoms with Crippen molar-refractivity contribution >= 4 is 0 Å². The Kier molecular flexibility index (Phi) is 6.29. The Bertz CT molecular complexity index is 126. The molecular weight excluding hydrogens is 164 g/mol. The molecule has 0 rings (SSSR count). The number of aliphatic hydroxyl groups excluding tert-OH is 1. The van der Waals surface area contributed by atoms with E-state index in [1.165, 1.54) is 0 Å². The van der Waals surface area contributed by atoms with Crippen molar-refractivity contribution in [3.8, 4) is 0 Å². The van der Waals surface area contributed by atoms with Crippen molar-refractivity contribution in [2.75, 3.05) is 34.3 Å². The number of rotatable bonds is 6. The largest absolute Gasteiger partial charge is 0.396 e. The molecule has 0 amide bonds. The predicted molar refractivity (Wildman–Crippen MR) is 56.9 cm³/mol. The molecule has 0 heterocycles. The SMILES string of the molecule is CC(C)N(C)C(CCO)CN(C)C. The van der Waals surface area contributed by atoms with Crippen molar-refractivity contribution in [1.29, 1.82) is 0 Å². The highest BCUT2D eigenvalue weighted by atomic mass is 16.3. The Hall–Kier alpha value is -0.120. The first-order valence-corrected chi connectivity index (χ1v) is 4.96. The third-order valence-corrected chi connectivity index (χ3v) is 2.43. The summed E-state index contributed by atoms with van der Waals surface area (Å²) in [5.41, 5.74) is 0. The van der Waals surface area contributed by atoms with Crippen LogP contribution in [0, 0.1) is 0 Å². The fourth-order valence-corrected chi connectivity index (χ4v) is 1.42. The van der Waals surface area contributed by atoms with Gasteiger partial charge < -0.3 is 10.0 Å². The van der Waals surface area contributed by atoms with Crippen molar-refractivity contribution in [3.05, 3.63) is 0 Å². The first kappa shape index (κ1) is 12.9. The molecule has 1 unspecified atom stereocenters. The third-order valence-electron chi connectivity index (χ3n) is 2.43. The topological polar surface area (TPSA) is 26.7 Å². The smallest absolute Gasteiger partial charge is 0.0446 e. The lowest BCUT2D eigenvalue weighted by Crippen LogP contribution is -2.43. The molecule has 3 nitrogen and oxygen atoms in total. The van der Waals surface area contributed by atoms with Gasteiger partial charge in [-0.15, -0.1) is 0 Å². The van der Waals surface area contributed by atoms with E-state index in [-0.39, 0.29) is 6.61 Å². The average Bonchev–Trinajstić information content (AvgIpc) is 2.01. The molecule has 0 radical (unpaired) electrons. The van der Waals surface area contributed by atoms with Gasteiger partial charge in [-0.25, -0.2) is 0 Å². The van der Waals surface area contributed by atoms with Gasteiger partial charge in [0.25, 0.3) is 0 Å². The number of aliphatic hydroxyl groups is 1. The van der Waals surface area contributed by atoms with Gasteiger partial charge in [-0.3, -0.25) is 4.90 Å². The van der Waals surface area contributed by atoms with Gasteiger partial charge in [0.05, 0.1) is 0 Å². The molecule has 80 valence electrons. The zero-order valence-corrected chi connectivity index (χ0v) is 9.62. The fourth-order valence-electron chi connectivity index (χ4n) is 1.42. The van der Waals surface area contributed by atoms with Crippen LogP contribution in [0.4, 0.5) is 0 Å². The van der Waals surface area contributed by atoms with Gasteiger partial charge in [0.15, 0.2) is 0 Å². The zero-order valence-electron chi connectivity index (χ0n) is 9.62. The highest BCUT2D eigenvalue weighted by molar-refractivity contribution is 4.73. The van der Waals surface area contributed by atoms with E-state index in [0.29, 0.717) is 12.1 Å². The highest BCUT2D eigenvalue weighted by Gasteiger charge is 2.16. The van der Waals surface area contributed by atoms with E-state index in [2.05, 4.69) is 44.8 Å². The minimum atomic E-state index is 0.273. The second-order valence-electron chi connectivity index (χ2n) is 4.19. The second-order valence-corrected chi connectivity index (χ2v) is 4.19. The Morgan fingerprint density at radius 1 is 1.15 bits per heavy atom. The van der Waals surface area contributed by atoms with Gasteiger partial charge in [-0.1, -0.05) is 0 Å². The molecule has 0 aromatic heterocycles. The lowest BCUT2D eigenvalue weighted by atomic mass is 10.1. The van der Waals surface area contributed by atoms with Crippen LogP contribution in [-0.2, 0) is 0 Å². The lowest BCUT2D eigenvalue weighted by Gasteiger charge is -2.32. The third kappa shape index (κ3) is 5.24. The van der Waals surface area contributed by atoms with Gasteiger partial charge in [-0.2, -0.15) is 0 Å². The summed E-state index contributed by atoms with van der Waals surface area (Å²) < 4.78 is 0. The first-order chi connectivity index (χ1) is 5.99. The molecule has 3 heteroatoms. The summed E-state index contributed by atoms with van der Waals surface area (Å²) in [6.45, 7) is 5.64. The van der Waals surface area contributed by atoms with Crippen LogP contribution in [0.15, 0.2) is 0 Å². The normalized spacial score (nSPS) is 14.5. The van der Waals surface area contributed by atoms with Crippen LogP contribution in [0.25, 0.3) is 0 Å². The highest BCUT2D eigenvalue weighted by Crippen LogP contribution is 2.06. The van der Waals surface area contributed by atoms with Crippen molar-refractivity contribution < 1.29 is 5.11 Å². The number of likely N-dealkylation sites (N-methyl/N-ethyl adjacent to an activating group) is 2. The van der Waals surface area contributed by atoms with Crippen LogP contribution in [0.5, 0.6) is 0 Å². The monoisotopic (exact) mass is 188 g/mol. The van der Waals surface area contributed by atoms with Crippen LogP contribution in [0.1, 0.15) is 20.3 Å². The van der Waals surface area contributed by atoms with E-state index in [9.17, 15) is 0 Å². The summed E-state index contributed by atoms with van der Waals surface area (Å²) in [7, 11) is 6.26. The van der Waals surface area contributed by atoms with Crippen molar-refractivity contribution in [2.24, 2.45) is 0 Å². The number of hydrogen-bond acceptors (Lipinski definition) is 3. The maximum Gasteiger partial charge on any atom is 0.0446 e. The van der Waals surface area contributed by atoms with Gasteiger partial charge in [0.1, 0.15) is 0 Å². The first-order valence-electron chi connectivity index (χ1n) is 4.96. The maximum atomic E-state index is 8.94. The van der Waals surface area contributed by atoms with E-state index in [1.54, 1.807) is 0 Å². The molecule has 0 saturated carbocycles. The average molecular weight is 188 g/mol. The molecule has 0 aliphatic carbocycles. The van der Waals surface area contributed by atoms with Gasteiger partial charge in [0.2, 0.25) is 0 Å². The Labute approximate surface area is 82.3 Å². The van der Waals surface area contributed by atoms with E-state index >= 15 is 0 Å². The van der Waals surface area contributed by atoms with Crippen LogP contribution < -0.4 is 0 Å². The molecule has 0 aromatic rings. The maximum absolute atomic E-state index is 8.94. The Morgan fingerprint density at radius 3 is 2.00 bits per heavy atom. The van der Waals surface area contributed by atoms with E-state index < -0.39 is 0 Å². The molecule has 0 bridgehead atoms. The molecule has 0 saturated heterocycles. The van der Waals surface area contributed by atoms with Crippen molar-refractivity contribution in [3.63, 3.8) is 0 Å². The molecule has 1 atom stereocenters. The van der Waals surface area contributed by atoms with Crippen LogP contribution in [0.3, 0.4) is 0 Å². The Balaban J connectivity index is 4.06. The van der Waals surface area contributed by atoms with Crippen LogP contribution in [0.2, 0.25) is 0 Å². The molecule has 0 spiro atoms. The second kappa shape index (κ2) is 6.35. The molecule has 0 aliphatic rings. The minimum absolute atomic E-state index is 0.273. The molecule has 0 aliphatic heterocycles. The zero-order chi connectivity index (χ0) is 10.4. The van der Waals surface area contributed by atoms with E-state index in [1.807, 2.05) is 0 Å². The lowest BCUT2D eigenvalue weighted by molar-refractivity contribution is 0.130. The fraction of sp³-hybridized carbons (Fsp3) is 1.00. The minimum Gasteiger partial charge on any atom is -0.396 e. The molecule has 0 aromatic carbocycles. The van der Waals surface area contributed by atoms with E-state index in [4.69, 9.17) is 5.11 Å². The number of nitrogens with zero attached hydrogens (tertiary/aromatic N) is 2. The van der Waals surface area contributed by atoms with Crippen molar-refractivity contribution in [2.45, 2.75) is 32.4 Å². The van der Waals surface area contributed by atoms with Crippen molar-refractivity contribution in [1.82, 2.24) is 9.80 Å². The summed E-state index contributed by atoms with van der Waals surface area (Å²) in [6, 6.07) is 0.997. The molecule has 0 fully saturated rings. The van der Waals surface area contributed by atoms with Gasteiger partial charge in [-0.05, 0) is 41.4 Å². The van der Waals surface area contributed by atoms with Crippen LogP contribution >= 0.6 is 0 Å². The van der Waals surface area contributed by atoms with E-state index in [0.717, 1.165) is 13.0 Å². The summed E-state index contributed by atoms with van der Waals surface area (Å²) in [5.74, 6) is 0. The summed E-state index contributed by atoms with van der Waals surface area (Å²) in [6.07, 6.45) is 0.854. The standard InChI is InChI=1S/C10H24N2O/c1-9(2)12(5)10(6-7-13)8-11(3)4/h9-10,13H,6-8H2,1-5H3. The quantitative estimate of drug-likeness (QED) is 0.662. The molecular formula is C10H24N2O. The summed E-state index contributed by atoms with van der Waals surface area (Å²) >= 11 is 0. The Morgan fingerprint density at radius 2 is 1.69 bits per heavy atom. The molecule has 1 N–H and O–H groups in total. The summed E-state index contributed by atoms with van der Waals surface area (Å²) in [4.78, 5) is 4.48.